The Kier molecular flexibility index (Phi) is 4.84. The largest absolute Gasteiger partial charge is 0.457 e. The van der Waals surface area contributed by atoms with Crippen molar-refractivity contribution in [2.45, 2.75) is 26.2 Å². The fraction of sp³-hybridized carbons (Fsp3) is 0.200. The van der Waals surface area contributed by atoms with Crippen LogP contribution in [0, 0.1) is 22.7 Å². The van der Waals surface area contributed by atoms with Crippen molar-refractivity contribution in [1.82, 2.24) is 0 Å². The van der Waals surface area contributed by atoms with E-state index in [1.165, 1.54) is 11.6 Å². The van der Waals surface area contributed by atoms with Crippen molar-refractivity contribution in [3.63, 3.8) is 0 Å². The Balaban J connectivity index is 2.38. The van der Waals surface area contributed by atoms with Crippen molar-refractivity contribution >= 4 is 6.08 Å². The van der Waals surface area contributed by atoms with Crippen molar-refractivity contribution in [3.8, 4) is 23.6 Å². The summed E-state index contributed by atoms with van der Waals surface area (Å²) in [6, 6.07) is 19.0. The van der Waals surface area contributed by atoms with Crippen LogP contribution < -0.4 is 4.74 Å². The minimum Gasteiger partial charge on any atom is -0.457 e. The molecule has 2 aromatic carbocycles. The summed E-state index contributed by atoms with van der Waals surface area (Å²) in [7, 11) is 0. The van der Waals surface area contributed by atoms with Crippen LogP contribution in [0.2, 0.25) is 0 Å². The molecule has 0 unspecified atom stereocenters. The van der Waals surface area contributed by atoms with Gasteiger partial charge in [0, 0.05) is 5.56 Å². The van der Waals surface area contributed by atoms with Crippen LogP contribution in [0.5, 0.6) is 11.5 Å². The van der Waals surface area contributed by atoms with Gasteiger partial charge in [0.1, 0.15) is 29.2 Å². The molecule has 0 spiro atoms. The van der Waals surface area contributed by atoms with E-state index < -0.39 is 0 Å². The van der Waals surface area contributed by atoms with Crippen LogP contribution in [0.25, 0.3) is 6.08 Å². The molecule has 0 aromatic heterocycles. The molecule has 0 aliphatic carbocycles. The van der Waals surface area contributed by atoms with Gasteiger partial charge in [-0.15, -0.1) is 0 Å². The molecule has 0 amide bonds. The molecule has 0 atom stereocenters. The predicted molar refractivity (Wildman–Crippen MR) is 90.9 cm³/mol. The van der Waals surface area contributed by atoms with Gasteiger partial charge in [0.05, 0.1) is 0 Å². The van der Waals surface area contributed by atoms with Gasteiger partial charge in [0.2, 0.25) is 0 Å². The Morgan fingerprint density at radius 3 is 2.35 bits per heavy atom. The Labute approximate surface area is 137 Å². The van der Waals surface area contributed by atoms with E-state index in [1.54, 1.807) is 0 Å². The molecule has 3 heteroatoms. The lowest BCUT2D eigenvalue weighted by Gasteiger charge is -2.20. The molecule has 2 rings (SSSR count). The van der Waals surface area contributed by atoms with Gasteiger partial charge < -0.3 is 4.74 Å². The normalized spacial score (nSPS) is 10.3. The molecule has 23 heavy (non-hydrogen) atoms. The Bertz CT molecular complexity index is 799. The van der Waals surface area contributed by atoms with Gasteiger partial charge in [-0.05, 0) is 35.3 Å². The summed E-state index contributed by atoms with van der Waals surface area (Å²) in [5.74, 6) is 1.34. The zero-order chi connectivity index (χ0) is 16.9. The molecular weight excluding hydrogens is 284 g/mol. The van der Waals surface area contributed by atoms with Crippen LogP contribution in [0.4, 0.5) is 0 Å². The van der Waals surface area contributed by atoms with Crippen molar-refractivity contribution < 1.29 is 4.74 Å². The highest BCUT2D eigenvalue weighted by atomic mass is 16.5. The van der Waals surface area contributed by atoms with Gasteiger partial charge in [0.25, 0.3) is 0 Å². The Morgan fingerprint density at radius 2 is 1.70 bits per heavy atom. The number of nitriles is 2. The number of rotatable bonds is 3. The second-order valence-corrected chi connectivity index (χ2v) is 6.20. The molecule has 2 aromatic rings. The molecule has 0 fully saturated rings. The maximum Gasteiger partial charge on any atom is 0.134 e. The second kappa shape index (κ2) is 6.81. The van der Waals surface area contributed by atoms with Crippen LogP contribution in [-0.4, -0.2) is 0 Å². The number of hydrogen-bond acceptors (Lipinski definition) is 3. The molecule has 3 nitrogen and oxygen atoms in total. The minimum absolute atomic E-state index is 0.0353. The van der Waals surface area contributed by atoms with Gasteiger partial charge in [-0.1, -0.05) is 51.1 Å². The van der Waals surface area contributed by atoms with Crippen LogP contribution in [-0.2, 0) is 5.41 Å². The summed E-state index contributed by atoms with van der Waals surface area (Å²) in [6.07, 6.45) is 1.53. The fourth-order valence-corrected chi connectivity index (χ4v) is 2.09. The summed E-state index contributed by atoms with van der Waals surface area (Å²) in [5, 5.41) is 17.8. The van der Waals surface area contributed by atoms with Gasteiger partial charge >= 0.3 is 0 Å². The first-order chi connectivity index (χ1) is 10.9. The smallest absolute Gasteiger partial charge is 0.134 e. The molecule has 0 bridgehead atoms. The maximum atomic E-state index is 8.91. The number of benzene rings is 2. The average Bonchev–Trinajstić information content (AvgIpc) is 2.53. The highest BCUT2D eigenvalue weighted by Crippen LogP contribution is 2.30. The lowest BCUT2D eigenvalue weighted by Crippen LogP contribution is -2.10. The van der Waals surface area contributed by atoms with Gasteiger partial charge in [-0.25, -0.2) is 0 Å². The molecule has 0 radical (unpaired) electrons. The highest BCUT2D eigenvalue weighted by molar-refractivity contribution is 5.66. The Hall–Kier alpha value is -3.04. The number of hydrogen-bond donors (Lipinski definition) is 0. The molecule has 0 saturated carbocycles. The summed E-state index contributed by atoms with van der Waals surface area (Å²) in [4.78, 5) is 0. The first-order valence-electron chi connectivity index (χ1n) is 7.33. The van der Waals surface area contributed by atoms with E-state index in [1.807, 2.05) is 54.6 Å². The number of ether oxygens (including phenoxy) is 1. The second-order valence-electron chi connectivity index (χ2n) is 6.20. The molecule has 0 saturated heterocycles. The summed E-state index contributed by atoms with van der Waals surface area (Å²) < 4.78 is 5.97. The Morgan fingerprint density at radius 1 is 1.00 bits per heavy atom. The van der Waals surface area contributed by atoms with Crippen molar-refractivity contribution in [1.29, 1.82) is 10.5 Å². The molecule has 0 aliphatic heterocycles. The average molecular weight is 302 g/mol. The number of allylic oxidation sites excluding steroid dienone is 1. The fourth-order valence-electron chi connectivity index (χ4n) is 2.09. The summed E-state index contributed by atoms with van der Waals surface area (Å²) >= 11 is 0. The summed E-state index contributed by atoms with van der Waals surface area (Å²) in [6.45, 7) is 6.44. The van der Waals surface area contributed by atoms with Crippen LogP contribution in [0.15, 0.2) is 54.1 Å². The molecule has 114 valence electrons. The lowest BCUT2D eigenvalue weighted by molar-refractivity contribution is 0.477. The van der Waals surface area contributed by atoms with E-state index in [9.17, 15) is 0 Å². The maximum absolute atomic E-state index is 8.91. The predicted octanol–water partition coefficient (Wildman–Crippen LogP) is 5.21. The number of para-hydroxylation sites is 1. The van der Waals surface area contributed by atoms with Crippen LogP contribution in [0.1, 0.15) is 31.9 Å². The van der Waals surface area contributed by atoms with Gasteiger partial charge in [-0.3, -0.25) is 0 Å². The van der Waals surface area contributed by atoms with Crippen molar-refractivity contribution in [2.75, 3.05) is 0 Å². The van der Waals surface area contributed by atoms with Crippen LogP contribution >= 0.6 is 0 Å². The van der Waals surface area contributed by atoms with Crippen molar-refractivity contribution in [2.24, 2.45) is 0 Å². The first kappa shape index (κ1) is 16.3. The SMILES string of the molecule is CC(C)(C)c1cccc(Oc2ccccc2C=C(C#N)C#N)c1. The minimum atomic E-state index is 0.0353. The third kappa shape index (κ3) is 4.22. The zero-order valence-electron chi connectivity index (χ0n) is 13.5. The topological polar surface area (TPSA) is 56.8 Å². The van der Waals surface area contributed by atoms with E-state index in [4.69, 9.17) is 15.3 Å². The van der Waals surface area contributed by atoms with E-state index in [2.05, 4.69) is 26.8 Å². The number of nitrogens with zero attached hydrogens (tertiary/aromatic N) is 2. The van der Waals surface area contributed by atoms with Gasteiger partial charge in [0.15, 0.2) is 0 Å². The third-order valence-electron chi connectivity index (χ3n) is 3.39. The van der Waals surface area contributed by atoms with Crippen LogP contribution in [0.3, 0.4) is 0 Å². The van der Waals surface area contributed by atoms with E-state index >= 15 is 0 Å². The highest BCUT2D eigenvalue weighted by Gasteiger charge is 2.14. The van der Waals surface area contributed by atoms with E-state index in [0.29, 0.717) is 11.3 Å². The standard InChI is InChI=1S/C20H18N2O/c1-20(2,3)17-8-6-9-18(12-17)23-19-10-5-4-7-16(19)11-15(13-21)14-22/h4-12H,1-3H3. The lowest BCUT2D eigenvalue weighted by atomic mass is 9.87. The quantitative estimate of drug-likeness (QED) is 0.731. The van der Waals surface area contributed by atoms with E-state index in [-0.39, 0.29) is 11.0 Å². The van der Waals surface area contributed by atoms with Crippen molar-refractivity contribution in [3.05, 3.63) is 65.2 Å². The molecule has 0 heterocycles. The molecule has 0 aliphatic rings. The summed E-state index contributed by atoms with van der Waals surface area (Å²) in [5.41, 5.74) is 1.96. The zero-order valence-corrected chi connectivity index (χ0v) is 13.5. The third-order valence-corrected chi connectivity index (χ3v) is 3.39. The molecular formula is C20H18N2O. The monoisotopic (exact) mass is 302 g/mol. The molecule has 0 N–H and O–H groups in total. The first-order valence-corrected chi connectivity index (χ1v) is 7.33. The van der Waals surface area contributed by atoms with Gasteiger partial charge in [-0.2, -0.15) is 10.5 Å². The van der Waals surface area contributed by atoms with E-state index in [0.717, 1.165) is 5.75 Å².